The molecule has 0 spiro atoms. The van der Waals surface area contributed by atoms with E-state index in [9.17, 15) is 5.11 Å². The molecule has 3 rings (SSSR count). The molecule has 1 heterocycles. The Hall–Kier alpha value is -2.39. The van der Waals surface area contributed by atoms with Gasteiger partial charge in [-0.2, -0.15) is 0 Å². The van der Waals surface area contributed by atoms with Gasteiger partial charge in [-0.05, 0) is 37.1 Å². The van der Waals surface area contributed by atoms with E-state index >= 15 is 0 Å². The highest BCUT2D eigenvalue weighted by atomic mass is 16.5. The van der Waals surface area contributed by atoms with Gasteiger partial charge in [-0.1, -0.05) is 36.4 Å². The molecule has 1 aromatic heterocycles. The molecule has 0 fully saturated rings. The summed E-state index contributed by atoms with van der Waals surface area (Å²) in [6.07, 6.45) is 0. The molecule has 21 heavy (non-hydrogen) atoms. The van der Waals surface area contributed by atoms with Crippen molar-refractivity contribution < 1.29 is 9.84 Å². The molecule has 0 aliphatic rings. The van der Waals surface area contributed by atoms with Crippen LogP contribution in [0.15, 0.2) is 48.5 Å². The van der Waals surface area contributed by atoms with Crippen LogP contribution in [-0.2, 0) is 6.61 Å². The molecule has 106 valence electrons. The molecule has 3 nitrogen and oxygen atoms in total. The van der Waals surface area contributed by atoms with Gasteiger partial charge in [0, 0.05) is 10.9 Å². The normalized spacial score (nSPS) is 10.8. The van der Waals surface area contributed by atoms with Gasteiger partial charge in [-0.3, -0.25) is 0 Å². The van der Waals surface area contributed by atoms with Crippen LogP contribution in [0, 0.1) is 13.8 Å². The van der Waals surface area contributed by atoms with Crippen LogP contribution in [0.1, 0.15) is 16.7 Å². The second kappa shape index (κ2) is 5.54. The summed E-state index contributed by atoms with van der Waals surface area (Å²) < 4.78 is 6.00. The number of hydrogen-bond donors (Lipinski definition) is 1. The van der Waals surface area contributed by atoms with Crippen molar-refractivity contribution in [3.63, 3.8) is 0 Å². The van der Waals surface area contributed by atoms with Gasteiger partial charge in [-0.25, -0.2) is 4.98 Å². The zero-order valence-corrected chi connectivity index (χ0v) is 12.1. The molecule has 0 radical (unpaired) electrons. The van der Waals surface area contributed by atoms with E-state index in [1.807, 2.05) is 62.4 Å². The number of hydrogen-bond acceptors (Lipinski definition) is 3. The number of aromatic nitrogens is 1. The topological polar surface area (TPSA) is 42.4 Å². The lowest BCUT2D eigenvalue weighted by Gasteiger charge is -2.14. The van der Waals surface area contributed by atoms with Crippen molar-refractivity contribution in [3.05, 3.63) is 65.2 Å². The second-order valence-electron chi connectivity index (χ2n) is 5.13. The lowest BCUT2D eigenvalue weighted by atomic mass is 10.1. The molecule has 3 heteroatoms. The quantitative estimate of drug-likeness (QED) is 0.783. The molecule has 0 saturated heterocycles. The first-order valence-corrected chi connectivity index (χ1v) is 6.92. The Morgan fingerprint density at radius 2 is 1.71 bits per heavy atom. The van der Waals surface area contributed by atoms with E-state index in [0.717, 1.165) is 27.8 Å². The summed E-state index contributed by atoms with van der Waals surface area (Å²) >= 11 is 0. The predicted octanol–water partition coefficient (Wildman–Crippen LogP) is 4.14. The Labute approximate surface area is 123 Å². The summed E-state index contributed by atoms with van der Waals surface area (Å²) in [5.74, 6) is 1.27. The van der Waals surface area contributed by atoms with Crippen molar-refractivity contribution in [2.24, 2.45) is 0 Å². The van der Waals surface area contributed by atoms with Crippen molar-refractivity contribution in [1.82, 2.24) is 4.98 Å². The van der Waals surface area contributed by atoms with E-state index in [1.54, 1.807) is 0 Å². The number of aliphatic hydroxyl groups is 1. The second-order valence-corrected chi connectivity index (χ2v) is 5.13. The van der Waals surface area contributed by atoms with Crippen LogP contribution in [-0.4, -0.2) is 10.1 Å². The number of para-hydroxylation sites is 2. The third-order valence-corrected chi connectivity index (χ3v) is 3.54. The van der Waals surface area contributed by atoms with Crippen molar-refractivity contribution in [2.75, 3.05) is 0 Å². The zero-order valence-electron chi connectivity index (χ0n) is 12.1. The first-order valence-electron chi connectivity index (χ1n) is 6.92. The first-order chi connectivity index (χ1) is 10.2. The van der Waals surface area contributed by atoms with E-state index in [-0.39, 0.29) is 6.61 Å². The Bertz CT molecular complexity index is 776. The number of rotatable bonds is 3. The van der Waals surface area contributed by atoms with Gasteiger partial charge in [0.25, 0.3) is 0 Å². The van der Waals surface area contributed by atoms with E-state index in [1.165, 1.54) is 0 Å². The van der Waals surface area contributed by atoms with E-state index in [4.69, 9.17) is 4.74 Å². The summed E-state index contributed by atoms with van der Waals surface area (Å²) in [4.78, 5) is 4.54. The lowest BCUT2D eigenvalue weighted by Crippen LogP contribution is -1.98. The number of ether oxygens (including phenoxy) is 1. The first kappa shape index (κ1) is 13.6. The fourth-order valence-electron chi connectivity index (χ4n) is 2.40. The van der Waals surface area contributed by atoms with Crippen LogP contribution >= 0.6 is 0 Å². The highest BCUT2D eigenvalue weighted by molar-refractivity contribution is 5.80. The molecule has 0 bridgehead atoms. The number of nitrogens with zero attached hydrogens (tertiary/aromatic N) is 1. The lowest BCUT2D eigenvalue weighted by molar-refractivity contribution is 0.275. The highest BCUT2D eigenvalue weighted by Crippen LogP contribution is 2.31. The van der Waals surface area contributed by atoms with Gasteiger partial charge in [0.1, 0.15) is 5.75 Å². The number of aryl methyl sites for hydroxylation is 2. The SMILES string of the molecule is Cc1cccc(C)c1Oc1nc2ccccc2cc1CO. The van der Waals surface area contributed by atoms with Gasteiger partial charge < -0.3 is 9.84 Å². The number of aliphatic hydroxyl groups excluding tert-OH is 1. The van der Waals surface area contributed by atoms with Crippen LogP contribution in [0.4, 0.5) is 0 Å². The van der Waals surface area contributed by atoms with Gasteiger partial charge in [-0.15, -0.1) is 0 Å². The van der Waals surface area contributed by atoms with Crippen LogP contribution < -0.4 is 4.74 Å². The number of fused-ring (bicyclic) bond motifs is 1. The summed E-state index contributed by atoms with van der Waals surface area (Å²) in [6, 6.07) is 15.7. The van der Waals surface area contributed by atoms with Gasteiger partial charge in [0.2, 0.25) is 5.88 Å². The van der Waals surface area contributed by atoms with E-state index < -0.39 is 0 Å². The Kier molecular flexibility index (Phi) is 3.59. The molecular formula is C18H17NO2. The Morgan fingerprint density at radius 1 is 1.00 bits per heavy atom. The minimum atomic E-state index is -0.0991. The van der Waals surface area contributed by atoms with Crippen LogP contribution in [0.25, 0.3) is 10.9 Å². The van der Waals surface area contributed by atoms with Crippen LogP contribution in [0.2, 0.25) is 0 Å². The summed E-state index contributed by atoms with van der Waals surface area (Å²) in [5, 5.41) is 10.6. The highest BCUT2D eigenvalue weighted by Gasteiger charge is 2.11. The molecule has 0 amide bonds. The van der Waals surface area contributed by atoms with Crippen molar-refractivity contribution in [3.8, 4) is 11.6 Å². The monoisotopic (exact) mass is 279 g/mol. The molecule has 0 unspecified atom stereocenters. The maximum absolute atomic E-state index is 9.57. The smallest absolute Gasteiger partial charge is 0.225 e. The standard InChI is InChI=1S/C18H17NO2/c1-12-6-5-7-13(2)17(12)21-18-15(11-20)10-14-8-3-4-9-16(14)19-18/h3-10,20H,11H2,1-2H3. The zero-order chi connectivity index (χ0) is 14.8. The fraction of sp³-hybridized carbons (Fsp3) is 0.167. The molecule has 0 aliphatic heterocycles. The van der Waals surface area contributed by atoms with Crippen molar-refractivity contribution >= 4 is 10.9 Å². The molecule has 0 aliphatic carbocycles. The Morgan fingerprint density at radius 3 is 2.43 bits per heavy atom. The molecule has 0 atom stereocenters. The van der Waals surface area contributed by atoms with Crippen molar-refractivity contribution in [2.45, 2.75) is 20.5 Å². The largest absolute Gasteiger partial charge is 0.438 e. The average molecular weight is 279 g/mol. The van der Waals surface area contributed by atoms with E-state index in [0.29, 0.717) is 11.4 Å². The maximum Gasteiger partial charge on any atom is 0.225 e. The van der Waals surface area contributed by atoms with Crippen LogP contribution in [0.3, 0.4) is 0 Å². The molecular weight excluding hydrogens is 262 g/mol. The van der Waals surface area contributed by atoms with Crippen molar-refractivity contribution in [1.29, 1.82) is 0 Å². The molecule has 2 aromatic carbocycles. The van der Waals surface area contributed by atoms with Gasteiger partial charge >= 0.3 is 0 Å². The third kappa shape index (κ3) is 2.60. The molecule has 0 saturated carbocycles. The minimum absolute atomic E-state index is 0.0991. The molecule has 1 N–H and O–H groups in total. The van der Waals surface area contributed by atoms with Gasteiger partial charge in [0.15, 0.2) is 0 Å². The maximum atomic E-state index is 9.57. The number of benzene rings is 2. The average Bonchev–Trinajstić information content (AvgIpc) is 2.50. The summed E-state index contributed by atoms with van der Waals surface area (Å²) in [6.45, 7) is 3.90. The third-order valence-electron chi connectivity index (χ3n) is 3.54. The fourth-order valence-corrected chi connectivity index (χ4v) is 2.40. The van der Waals surface area contributed by atoms with E-state index in [2.05, 4.69) is 4.98 Å². The van der Waals surface area contributed by atoms with Gasteiger partial charge in [0.05, 0.1) is 12.1 Å². The van der Waals surface area contributed by atoms with Crippen LogP contribution in [0.5, 0.6) is 11.6 Å². The Balaban J connectivity index is 2.11. The summed E-state index contributed by atoms with van der Waals surface area (Å²) in [7, 11) is 0. The molecule has 3 aromatic rings. The summed E-state index contributed by atoms with van der Waals surface area (Å²) in [5.41, 5.74) is 3.65. The number of pyridine rings is 1. The minimum Gasteiger partial charge on any atom is -0.438 e. The predicted molar refractivity (Wildman–Crippen MR) is 83.7 cm³/mol.